The topological polar surface area (TPSA) is 62.7 Å². The predicted octanol–water partition coefficient (Wildman–Crippen LogP) is 2.92. The van der Waals surface area contributed by atoms with Crippen LogP contribution in [0.25, 0.3) is 10.4 Å². The molecule has 0 fully saturated rings. The largest absolute Gasteiger partial charge is 0.382 e. The van der Waals surface area contributed by atoms with E-state index in [0.717, 1.165) is 10.4 Å². The highest BCUT2D eigenvalue weighted by molar-refractivity contribution is 7.10. The van der Waals surface area contributed by atoms with Crippen LogP contribution >= 0.6 is 23.1 Å². The Hall–Kier alpha value is -1.57. The molecule has 0 aliphatic heterocycles. The number of halogens is 1. The standard InChI is InChI=1S/C10H6ClN3S/c11-8-4-2-1-3-6(8)9-7(5-12)10(13)14-15-9/h1-4H,(H2,13,14). The van der Waals surface area contributed by atoms with Crippen LogP contribution in [0.15, 0.2) is 24.3 Å². The Balaban J connectivity index is 2.66. The van der Waals surface area contributed by atoms with Crippen molar-refractivity contribution in [1.82, 2.24) is 4.37 Å². The molecule has 0 amide bonds. The van der Waals surface area contributed by atoms with Crippen molar-refractivity contribution in [3.05, 3.63) is 34.9 Å². The van der Waals surface area contributed by atoms with E-state index in [1.165, 1.54) is 11.5 Å². The smallest absolute Gasteiger partial charge is 0.155 e. The van der Waals surface area contributed by atoms with Crippen LogP contribution in [0.2, 0.25) is 5.02 Å². The molecule has 1 heterocycles. The van der Waals surface area contributed by atoms with E-state index in [1.807, 2.05) is 24.3 Å². The normalized spacial score (nSPS) is 9.87. The van der Waals surface area contributed by atoms with E-state index in [4.69, 9.17) is 22.6 Å². The van der Waals surface area contributed by atoms with Gasteiger partial charge in [0.2, 0.25) is 0 Å². The first-order chi connectivity index (χ1) is 7.24. The van der Waals surface area contributed by atoms with Crippen LogP contribution in [0, 0.1) is 11.3 Å². The van der Waals surface area contributed by atoms with Gasteiger partial charge in [0.25, 0.3) is 0 Å². The number of nitrogens with zero attached hydrogens (tertiary/aromatic N) is 2. The molecule has 74 valence electrons. The van der Waals surface area contributed by atoms with Crippen molar-refractivity contribution < 1.29 is 0 Å². The van der Waals surface area contributed by atoms with Crippen LogP contribution < -0.4 is 5.73 Å². The van der Waals surface area contributed by atoms with Gasteiger partial charge in [-0.1, -0.05) is 29.8 Å². The summed E-state index contributed by atoms with van der Waals surface area (Å²) in [4.78, 5) is 0.723. The lowest BCUT2D eigenvalue weighted by Gasteiger charge is -1.99. The van der Waals surface area contributed by atoms with Gasteiger partial charge in [0.05, 0.1) is 4.88 Å². The SMILES string of the molecule is N#Cc1c(N)nsc1-c1ccccc1Cl. The molecule has 0 saturated heterocycles. The van der Waals surface area contributed by atoms with Gasteiger partial charge in [-0.25, -0.2) is 0 Å². The summed E-state index contributed by atoms with van der Waals surface area (Å²) in [6, 6.07) is 9.34. The molecule has 0 unspecified atom stereocenters. The molecule has 15 heavy (non-hydrogen) atoms. The zero-order chi connectivity index (χ0) is 10.8. The second kappa shape index (κ2) is 3.89. The molecule has 0 spiro atoms. The van der Waals surface area contributed by atoms with E-state index in [2.05, 4.69) is 4.37 Å². The maximum Gasteiger partial charge on any atom is 0.155 e. The Labute approximate surface area is 95.9 Å². The molecule has 2 aromatic rings. The van der Waals surface area contributed by atoms with Crippen molar-refractivity contribution >= 4 is 29.0 Å². The van der Waals surface area contributed by atoms with E-state index in [-0.39, 0.29) is 5.82 Å². The summed E-state index contributed by atoms with van der Waals surface area (Å²) in [5.41, 5.74) is 6.77. The molecule has 0 saturated carbocycles. The number of rotatable bonds is 1. The van der Waals surface area contributed by atoms with Crippen LogP contribution in [0.5, 0.6) is 0 Å². The van der Waals surface area contributed by atoms with Gasteiger partial charge < -0.3 is 5.73 Å². The highest BCUT2D eigenvalue weighted by Gasteiger charge is 2.14. The van der Waals surface area contributed by atoms with Crippen LogP contribution in [0.3, 0.4) is 0 Å². The number of benzene rings is 1. The lowest BCUT2D eigenvalue weighted by Crippen LogP contribution is -1.88. The van der Waals surface area contributed by atoms with Gasteiger partial charge in [-0.15, -0.1) is 0 Å². The number of nitrogens with two attached hydrogens (primary N) is 1. The predicted molar refractivity (Wildman–Crippen MR) is 61.7 cm³/mol. The summed E-state index contributed by atoms with van der Waals surface area (Å²) in [5, 5.41) is 9.53. The number of aromatic nitrogens is 1. The average molecular weight is 236 g/mol. The van der Waals surface area contributed by atoms with Gasteiger partial charge in [-0.05, 0) is 17.6 Å². The van der Waals surface area contributed by atoms with Gasteiger partial charge in [0.15, 0.2) is 5.82 Å². The molecule has 5 heteroatoms. The number of hydrogen-bond donors (Lipinski definition) is 1. The third kappa shape index (κ3) is 1.67. The van der Waals surface area contributed by atoms with Gasteiger partial charge >= 0.3 is 0 Å². The second-order valence-electron chi connectivity index (χ2n) is 2.86. The van der Waals surface area contributed by atoms with Gasteiger partial charge in [-0.2, -0.15) is 9.64 Å². The minimum Gasteiger partial charge on any atom is -0.382 e. The molecular weight excluding hydrogens is 230 g/mol. The molecule has 0 aliphatic carbocycles. The first-order valence-electron chi connectivity index (χ1n) is 4.14. The molecule has 3 nitrogen and oxygen atoms in total. The fourth-order valence-corrected chi connectivity index (χ4v) is 2.32. The zero-order valence-corrected chi connectivity index (χ0v) is 9.14. The molecule has 0 atom stereocenters. The summed E-state index contributed by atoms with van der Waals surface area (Å²) >= 11 is 7.21. The molecule has 0 aliphatic rings. The van der Waals surface area contributed by atoms with E-state index in [1.54, 1.807) is 6.07 Å². The summed E-state index contributed by atoms with van der Waals surface area (Å²) in [6.07, 6.45) is 0. The third-order valence-corrected chi connectivity index (χ3v) is 3.17. The van der Waals surface area contributed by atoms with Crippen molar-refractivity contribution in [2.75, 3.05) is 5.73 Å². The van der Waals surface area contributed by atoms with E-state index in [9.17, 15) is 0 Å². The highest BCUT2D eigenvalue weighted by atomic mass is 35.5. The van der Waals surface area contributed by atoms with Crippen molar-refractivity contribution in [3.63, 3.8) is 0 Å². The summed E-state index contributed by atoms with van der Waals surface area (Å²) in [7, 11) is 0. The number of nitrogen functional groups attached to an aromatic ring is 1. The lowest BCUT2D eigenvalue weighted by molar-refractivity contribution is 1.47. The average Bonchev–Trinajstić information content (AvgIpc) is 2.60. The van der Waals surface area contributed by atoms with Crippen LogP contribution in [0.1, 0.15) is 5.56 Å². The molecular formula is C10H6ClN3S. The van der Waals surface area contributed by atoms with Crippen molar-refractivity contribution in [3.8, 4) is 16.5 Å². The molecule has 0 radical (unpaired) electrons. The van der Waals surface area contributed by atoms with Crippen LogP contribution in [-0.4, -0.2) is 4.37 Å². The van der Waals surface area contributed by atoms with E-state index in [0.29, 0.717) is 10.6 Å². The Kier molecular flexibility index (Phi) is 2.58. The molecule has 1 aromatic carbocycles. The Morgan fingerprint density at radius 2 is 2.13 bits per heavy atom. The van der Waals surface area contributed by atoms with Crippen molar-refractivity contribution in [2.45, 2.75) is 0 Å². The summed E-state index contributed by atoms with van der Waals surface area (Å²) in [6.45, 7) is 0. The minimum atomic E-state index is 0.261. The number of anilines is 1. The summed E-state index contributed by atoms with van der Waals surface area (Å²) < 4.78 is 3.94. The number of hydrogen-bond acceptors (Lipinski definition) is 4. The zero-order valence-electron chi connectivity index (χ0n) is 7.57. The molecule has 1 aromatic heterocycles. The minimum absolute atomic E-state index is 0.261. The Morgan fingerprint density at radius 3 is 2.80 bits per heavy atom. The van der Waals surface area contributed by atoms with Crippen LogP contribution in [0.4, 0.5) is 5.82 Å². The van der Waals surface area contributed by atoms with Crippen molar-refractivity contribution in [2.24, 2.45) is 0 Å². The third-order valence-electron chi connectivity index (χ3n) is 1.95. The number of nitriles is 1. The van der Waals surface area contributed by atoms with Crippen LogP contribution in [-0.2, 0) is 0 Å². The maximum absolute atomic E-state index is 8.93. The quantitative estimate of drug-likeness (QED) is 0.827. The monoisotopic (exact) mass is 235 g/mol. The Bertz CT molecular complexity index is 542. The highest BCUT2D eigenvalue weighted by Crippen LogP contribution is 2.35. The second-order valence-corrected chi connectivity index (χ2v) is 4.04. The maximum atomic E-state index is 8.93. The van der Waals surface area contributed by atoms with Gasteiger partial charge in [0.1, 0.15) is 11.6 Å². The van der Waals surface area contributed by atoms with Crippen molar-refractivity contribution in [1.29, 1.82) is 5.26 Å². The molecule has 2 rings (SSSR count). The fraction of sp³-hybridized carbons (Fsp3) is 0. The fourth-order valence-electron chi connectivity index (χ4n) is 1.24. The molecule has 2 N–H and O–H groups in total. The molecule has 0 bridgehead atoms. The van der Waals surface area contributed by atoms with E-state index >= 15 is 0 Å². The van der Waals surface area contributed by atoms with Gasteiger partial charge in [-0.3, -0.25) is 0 Å². The van der Waals surface area contributed by atoms with E-state index < -0.39 is 0 Å². The first kappa shape index (κ1) is 9.97. The van der Waals surface area contributed by atoms with Gasteiger partial charge in [0, 0.05) is 10.6 Å². The Morgan fingerprint density at radius 1 is 1.40 bits per heavy atom. The first-order valence-corrected chi connectivity index (χ1v) is 5.29. The lowest BCUT2D eigenvalue weighted by atomic mass is 10.1. The summed E-state index contributed by atoms with van der Waals surface area (Å²) in [5.74, 6) is 0.261.